The second-order valence-corrected chi connectivity index (χ2v) is 11.6. The minimum absolute atomic E-state index is 1.04. The highest BCUT2D eigenvalue weighted by molar-refractivity contribution is 6.24. The van der Waals surface area contributed by atoms with E-state index in [0.29, 0.717) is 0 Å². The zero-order chi connectivity index (χ0) is 29.6. The van der Waals surface area contributed by atoms with E-state index in [0.717, 1.165) is 5.69 Å². The third-order valence-corrected chi connectivity index (χ3v) is 8.96. The lowest BCUT2D eigenvalue weighted by Crippen LogP contribution is -1.93. The third kappa shape index (κ3) is 4.29. The van der Waals surface area contributed by atoms with Gasteiger partial charge in [0.1, 0.15) is 0 Å². The molecule has 0 aliphatic rings. The topological polar surface area (TPSA) is 12.9 Å². The van der Waals surface area contributed by atoms with Crippen molar-refractivity contribution in [1.82, 2.24) is 4.98 Å². The lowest BCUT2D eigenvalue weighted by atomic mass is 9.83. The molecule has 0 N–H and O–H groups in total. The molecule has 0 unspecified atom stereocenters. The monoisotopic (exact) mass is 561 g/mol. The van der Waals surface area contributed by atoms with E-state index in [-0.39, 0.29) is 0 Å². The Morgan fingerprint density at radius 3 is 1.55 bits per heavy atom. The van der Waals surface area contributed by atoms with E-state index in [1.165, 1.54) is 82.4 Å². The smallest absolute Gasteiger partial charge is 0.0450 e. The van der Waals surface area contributed by atoms with Crippen molar-refractivity contribution < 1.29 is 0 Å². The average molecular weight is 562 g/mol. The molecule has 0 atom stereocenters. The van der Waals surface area contributed by atoms with Gasteiger partial charge >= 0.3 is 0 Å². The molecule has 8 rings (SSSR count). The number of rotatable bonds is 4. The van der Waals surface area contributed by atoms with Crippen LogP contribution < -0.4 is 0 Å². The van der Waals surface area contributed by atoms with Gasteiger partial charge in [0, 0.05) is 17.5 Å². The van der Waals surface area contributed by atoms with Crippen molar-refractivity contribution >= 4 is 32.3 Å². The molecule has 0 fully saturated rings. The van der Waals surface area contributed by atoms with Gasteiger partial charge in [-0.05, 0) is 97.2 Å². The summed E-state index contributed by atoms with van der Waals surface area (Å²) < 4.78 is 0. The molecule has 0 amide bonds. The Labute approximate surface area is 258 Å². The molecular weight excluding hydrogens is 530 g/mol. The number of pyridine rings is 1. The van der Waals surface area contributed by atoms with Gasteiger partial charge in [-0.3, -0.25) is 4.98 Å². The van der Waals surface area contributed by atoms with Crippen molar-refractivity contribution in [2.45, 2.75) is 13.8 Å². The summed E-state index contributed by atoms with van der Waals surface area (Å²) in [6, 6.07) is 53.3. The molecular formula is C43H31N. The Hall–Kier alpha value is -5.53. The number of nitrogens with zero attached hydrogens (tertiary/aromatic N) is 1. The van der Waals surface area contributed by atoms with Gasteiger partial charge in [0.25, 0.3) is 0 Å². The number of hydrogen-bond acceptors (Lipinski definition) is 1. The molecule has 208 valence electrons. The van der Waals surface area contributed by atoms with Crippen molar-refractivity contribution in [3.8, 4) is 44.5 Å². The summed E-state index contributed by atoms with van der Waals surface area (Å²) in [4.78, 5) is 4.56. The SMILES string of the molecule is Cc1ccc(-c2ccc(-c3c4ccccc4c(-c4cccc(-c5cccnc5C)c4)c4ccccc34)c3ccccc23)cc1. The van der Waals surface area contributed by atoms with Crippen LogP contribution >= 0.6 is 0 Å². The Morgan fingerprint density at radius 1 is 0.364 bits per heavy atom. The summed E-state index contributed by atoms with van der Waals surface area (Å²) in [5, 5.41) is 7.57. The number of fused-ring (bicyclic) bond motifs is 3. The maximum atomic E-state index is 4.56. The predicted molar refractivity (Wildman–Crippen MR) is 188 cm³/mol. The van der Waals surface area contributed by atoms with Gasteiger partial charge in [0.2, 0.25) is 0 Å². The molecule has 44 heavy (non-hydrogen) atoms. The Kier molecular flexibility index (Phi) is 6.31. The molecule has 1 nitrogen and oxygen atoms in total. The first-order chi connectivity index (χ1) is 21.7. The number of aryl methyl sites for hydroxylation is 2. The first-order valence-corrected chi connectivity index (χ1v) is 15.2. The van der Waals surface area contributed by atoms with Crippen LogP contribution in [0.25, 0.3) is 76.8 Å². The molecule has 0 saturated heterocycles. The molecule has 0 saturated carbocycles. The lowest BCUT2D eigenvalue weighted by Gasteiger charge is -2.20. The molecule has 8 aromatic rings. The highest BCUT2D eigenvalue weighted by Crippen LogP contribution is 2.46. The fourth-order valence-electron chi connectivity index (χ4n) is 6.86. The van der Waals surface area contributed by atoms with E-state index < -0.39 is 0 Å². The van der Waals surface area contributed by atoms with Crippen LogP contribution in [0.1, 0.15) is 11.3 Å². The first-order valence-electron chi connectivity index (χ1n) is 15.2. The largest absolute Gasteiger partial charge is 0.261 e. The number of aromatic nitrogens is 1. The van der Waals surface area contributed by atoms with Gasteiger partial charge in [-0.25, -0.2) is 0 Å². The van der Waals surface area contributed by atoms with Crippen molar-refractivity contribution in [3.63, 3.8) is 0 Å². The highest BCUT2D eigenvalue weighted by Gasteiger charge is 2.19. The van der Waals surface area contributed by atoms with Crippen molar-refractivity contribution in [1.29, 1.82) is 0 Å². The molecule has 0 spiro atoms. The summed E-state index contributed by atoms with van der Waals surface area (Å²) in [5.41, 5.74) is 12.2. The van der Waals surface area contributed by atoms with Crippen LogP contribution in [0.2, 0.25) is 0 Å². The third-order valence-electron chi connectivity index (χ3n) is 8.96. The van der Waals surface area contributed by atoms with E-state index in [4.69, 9.17) is 0 Å². The number of benzene rings is 7. The second kappa shape index (κ2) is 10.6. The van der Waals surface area contributed by atoms with Crippen molar-refractivity contribution in [3.05, 3.63) is 163 Å². The molecule has 1 aromatic heterocycles. The summed E-state index contributed by atoms with van der Waals surface area (Å²) in [7, 11) is 0. The Bertz CT molecular complexity index is 2290. The summed E-state index contributed by atoms with van der Waals surface area (Å²) in [5.74, 6) is 0. The van der Waals surface area contributed by atoms with Crippen LogP contribution in [0.5, 0.6) is 0 Å². The van der Waals surface area contributed by atoms with Gasteiger partial charge < -0.3 is 0 Å². The predicted octanol–water partition coefficient (Wildman–Crippen LogP) is 11.8. The lowest BCUT2D eigenvalue weighted by molar-refractivity contribution is 1.20. The summed E-state index contributed by atoms with van der Waals surface area (Å²) in [6.07, 6.45) is 1.86. The molecule has 1 heteroatoms. The fraction of sp³-hybridized carbons (Fsp3) is 0.0465. The van der Waals surface area contributed by atoms with Crippen LogP contribution in [-0.2, 0) is 0 Å². The van der Waals surface area contributed by atoms with Crippen LogP contribution in [0.3, 0.4) is 0 Å². The maximum absolute atomic E-state index is 4.56. The minimum atomic E-state index is 1.04. The van der Waals surface area contributed by atoms with Gasteiger partial charge in [0.05, 0.1) is 0 Å². The molecule has 0 aliphatic heterocycles. The van der Waals surface area contributed by atoms with E-state index >= 15 is 0 Å². The minimum Gasteiger partial charge on any atom is -0.261 e. The molecule has 0 aliphatic carbocycles. The Balaban J connectivity index is 1.42. The zero-order valence-electron chi connectivity index (χ0n) is 24.9. The van der Waals surface area contributed by atoms with Crippen LogP contribution in [-0.4, -0.2) is 4.98 Å². The van der Waals surface area contributed by atoms with Gasteiger partial charge in [-0.1, -0.05) is 139 Å². The van der Waals surface area contributed by atoms with E-state index in [1.807, 2.05) is 12.3 Å². The molecule has 0 bridgehead atoms. The van der Waals surface area contributed by atoms with Crippen LogP contribution in [0.15, 0.2) is 152 Å². The normalized spacial score (nSPS) is 11.4. The maximum Gasteiger partial charge on any atom is 0.0450 e. The van der Waals surface area contributed by atoms with Gasteiger partial charge in [-0.2, -0.15) is 0 Å². The molecule has 7 aromatic carbocycles. The van der Waals surface area contributed by atoms with Crippen LogP contribution in [0, 0.1) is 13.8 Å². The fourth-order valence-corrected chi connectivity index (χ4v) is 6.86. The first kappa shape index (κ1) is 26.1. The molecule has 1 heterocycles. The van der Waals surface area contributed by atoms with Crippen molar-refractivity contribution in [2.24, 2.45) is 0 Å². The summed E-state index contributed by atoms with van der Waals surface area (Å²) in [6.45, 7) is 4.22. The van der Waals surface area contributed by atoms with Crippen LogP contribution in [0.4, 0.5) is 0 Å². The van der Waals surface area contributed by atoms with Crippen molar-refractivity contribution in [2.75, 3.05) is 0 Å². The zero-order valence-corrected chi connectivity index (χ0v) is 24.9. The summed E-state index contributed by atoms with van der Waals surface area (Å²) >= 11 is 0. The van der Waals surface area contributed by atoms with E-state index in [1.54, 1.807) is 0 Å². The van der Waals surface area contributed by atoms with E-state index in [2.05, 4.69) is 158 Å². The van der Waals surface area contributed by atoms with Gasteiger partial charge in [-0.15, -0.1) is 0 Å². The second-order valence-electron chi connectivity index (χ2n) is 11.6. The standard InChI is InChI=1S/C43H31N/c1-28-20-22-30(23-21-28)34-24-25-41(36-14-4-3-13-35(34)36)43-39-17-7-5-15-37(39)42(38-16-6-8-18-40(38)43)32-12-9-11-31(27-32)33-19-10-26-44-29(33)2/h3-27H,1-2H3. The number of hydrogen-bond donors (Lipinski definition) is 0. The van der Waals surface area contributed by atoms with E-state index in [9.17, 15) is 0 Å². The average Bonchev–Trinajstić information content (AvgIpc) is 3.07. The Morgan fingerprint density at radius 2 is 0.909 bits per heavy atom. The van der Waals surface area contributed by atoms with Gasteiger partial charge in [0.15, 0.2) is 0 Å². The quantitative estimate of drug-likeness (QED) is 0.195. The molecule has 0 radical (unpaired) electrons. The highest BCUT2D eigenvalue weighted by atomic mass is 14.7.